The minimum absolute atomic E-state index is 0.0139. The Labute approximate surface area is 227 Å². The highest BCUT2D eigenvalue weighted by molar-refractivity contribution is 6.08. The molecule has 1 amide bonds. The number of esters is 2. The van der Waals surface area contributed by atoms with Crippen LogP contribution in [-0.4, -0.2) is 56.0 Å². The number of methoxy groups -OCH3 is 2. The van der Waals surface area contributed by atoms with Gasteiger partial charge in [0.2, 0.25) is 0 Å². The Hall–Kier alpha value is -4.40. The van der Waals surface area contributed by atoms with Gasteiger partial charge in [-0.15, -0.1) is 0 Å². The molecule has 2 aliphatic rings. The minimum Gasteiger partial charge on any atom is -0.497 e. The van der Waals surface area contributed by atoms with Crippen molar-refractivity contribution in [3.63, 3.8) is 0 Å². The topological polar surface area (TPSA) is 104 Å². The second kappa shape index (κ2) is 12.9. The summed E-state index contributed by atoms with van der Waals surface area (Å²) in [4.78, 5) is 36.9. The molecule has 39 heavy (non-hydrogen) atoms. The van der Waals surface area contributed by atoms with Gasteiger partial charge in [-0.3, -0.25) is 4.79 Å². The van der Waals surface area contributed by atoms with Gasteiger partial charge in [0.25, 0.3) is 5.91 Å². The van der Waals surface area contributed by atoms with Crippen LogP contribution < -0.4 is 9.47 Å². The SMILES string of the molecule is CCOC(=O)/C=C/C(=O)OCC(=O)N1N=C2/C(=C\c3ccc(OC)cc3)CCC[C@H]2[C@H]1c1ccc(OC)cc1. The lowest BCUT2D eigenvalue weighted by Gasteiger charge is -2.29. The van der Waals surface area contributed by atoms with Crippen molar-refractivity contribution in [3.8, 4) is 11.5 Å². The molecule has 1 saturated carbocycles. The van der Waals surface area contributed by atoms with Crippen LogP contribution in [0.25, 0.3) is 6.08 Å². The Morgan fingerprint density at radius 3 is 2.15 bits per heavy atom. The summed E-state index contributed by atoms with van der Waals surface area (Å²) in [5, 5.41) is 6.22. The highest BCUT2D eigenvalue weighted by Gasteiger charge is 2.43. The highest BCUT2D eigenvalue weighted by Crippen LogP contribution is 2.44. The molecule has 0 radical (unpaired) electrons. The van der Waals surface area contributed by atoms with Crippen molar-refractivity contribution in [1.82, 2.24) is 5.01 Å². The first-order valence-corrected chi connectivity index (χ1v) is 12.8. The molecule has 2 aromatic rings. The van der Waals surface area contributed by atoms with Crippen LogP contribution in [-0.2, 0) is 23.9 Å². The van der Waals surface area contributed by atoms with Gasteiger partial charge in [0.1, 0.15) is 11.5 Å². The summed E-state index contributed by atoms with van der Waals surface area (Å²) in [6.07, 6.45) is 6.67. The van der Waals surface area contributed by atoms with E-state index in [1.807, 2.05) is 48.5 Å². The summed E-state index contributed by atoms with van der Waals surface area (Å²) < 4.78 is 20.4. The van der Waals surface area contributed by atoms with Crippen LogP contribution in [0.5, 0.6) is 11.5 Å². The van der Waals surface area contributed by atoms with Crippen LogP contribution in [0.3, 0.4) is 0 Å². The maximum absolute atomic E-state index is 13.3. The molecular weight excluding hydrogens is 500 g/mol. The number of nitrogens with zero attached hydrogens (tertiary/aromatic N) is 2. The largest absolute Gasteiger partial charge is 0.497 e. The molecule has 0 saturated heterocycles. The fraction of sp³-hybridized carbons (Fsp3) is 0.333. The van der Waals surface area contributed by atoms with E-state index in [9.17, 15) is 14.4 Å². The molecular formula is C30H32N2O7. The van der Waals surface area contributed by atoms with E-state index in [-0.39, 0.29) is 18.6 Å². The molecule has 0 aromatic heterocycles. The normalized spacial score (nSPS) is 19.4. The molecule has 1 heterocycles. The maximum atomic E-state index is 13.3. The third-order valence-corrected chi connectivity index (χ3v) is 6.65. The Morgan fingerprint density at radius 2 is 1.54 bits per heavy atom. The van der Waals surface area contributed by atoms with E-state index in [0.29, 0.717) is 5.75 Å². The Balaban J connectivity index is 1.59. The van der Waals surface area contributed by atoms with Gasteiger partial charge in [0.05, 0.1) is 32.6 Å². The number of amides is 1. The monoisotopic (exact) mass is 532 g/mol. The van der Waals surface area contributed by atoms with E-state index in [4.69, 9.17) is 24.0 Å². The summed E-state index contributed by atoms with van der Waals surface area (Å²) in [7, 11) is 3.23. The number of carbonyl (C=O) groups is 3. The Morgan fingerprint density at radius 1 is 0.923 bits per heavy atom. The van der Waals surface area contributed by atoms with Crippen molar-refractivity contribution in [3.05, 3.63) is 77.4 Å². The van der Waals surface area contributed by atoms with Crippen molar-refractivity contribution in [1.29, 1.82) is 0 Å². The third kappa shape index (κ3) is 6.73. The van der Waals surface area contributed by atoms with E-state index in [1.165, 1.54) is 5.01 Å². The molecule has 2 atom stereocenters. The number of fused-ring (bicyclic) bond motifs is 1. The average molecular weight is 533 g/mol. The van der Waals surface area contributed by atoms with E-state index >= 15 is 0 Å². The lowest BCUT2D eigenvalue weighted by Crippen LogP contribution is -2.34. The quantitative estimate of drug-likeness (QED) is 0.346. The first-order chi connectivity index (χ1) is 18.9. The highest BCUT2D eigenvalue weighted by atomic mass is 16.5. The summed E-state index contributed by atoms with van der Waals surface area (Å²) in [5.41, 5.74) is 3.86. The molecule has 1 fully saturated rings. The van der Waals surface area contributed by atoms with Gasteiger partial charge in [-0.05, 0) is 73.2 Å². The number of hydrogen-bond donors (Lipinski definition) is 0. The van der Waals surface area contributed by atoms with Crippen LogP contribution in [0.4, 0.5) is 0 Å². The number of hydrogen-bond acceptors (Lipinski definition) is 8. The second-order valence-electron chi connectivity index (χ2n) is 9.08. The van der Waals surface area contributed by atoms with E-state index in [2.05, 4.69) is 6.08 Å². The standard InChI is InChI=1S/C30H32N2O7/c1-4-38-27(34)16-17-28(35)39-19-26(33)32-30(21-10-14-24(37-3)15-11-21)25-7-5-6-22(29(25)31-32)18-20-8-12-23(36-2)13-9-20/h8-18,25,30H,4-7,19H2,1-3H3/b17-16+,22-18-/t25-,30-/m1/s1. The third-order valence-electron chi connectivity index (χ3n) is 6.65. The molecule has 0 unspecified atom stereocenters. The second-order valence-corrected chi connectivity index (χ2v) is 9.08. The van der Waals surface area contributed by atoms with E-state index in [0.717, 1.165) is 59.6 Å². The zero-order chi connectivity index (χ0) is 27.8. The van der Waals surface area contributed by atoms with Gasteiger partial charge < -0.3 is 18.9 Å². The van der Waals surface area contributed by atoms with Crippen molar-refractivity contribution in [2.45, 2.75) is 32.2 Å². The zero-order valence-corrected chi connectivity index (χ0v) is 22.3. The van der Waals surface area contributed by atoms with Gasteiger partial charge in [-0.1, -0.05) is 24.3 Å². The fourth-order valence-electron chi connectivity index (χ4n) is 4.82. The lowest BCUT2D eigenvalue weighted by molar-refractivity contribution is -0.149. The molecule has 9 nitrogen and oxygen atoms in total. The Bertz CT molecular complexity index is 1280. The summed E-state index contributed by atoms with van der Waals surface area (Å²) in [6, 6.07) is 15.0. The van der Waals surface area contributed by atoms with Crippen molar-refractivity contribution < 1.29 is 33.3 Å². The predicted octanol–water partition coefficient (Wildman–Crippen LogP) is 4.49. The molecule has 0 N–H and O–H groups in total. The number of ether oxygens (including phenoxy) is 4. The van der Waals surface area contributed by atoms with Crippen molar-refractivity contribution in [2.75, 3.05) is 27.4 Å². The molecule has 204 valence electrons. The van der Waals surface area contributed by atoms with Crippen LogP contribution in [0.1, 0.15) is 43.4 Å². The Kier molecular flexibility index (Phi) is 9.14. The number of allylic oxidation sites excluding steroid dienone is 1. The lowest BCUT2D eigenvalue weighted by atomic mass is 9.77. The van der Waals surface area contributed by atoms with Gasteiger partial charge in [-0.2, -0.15) is 5.10 Å². The molecule has 1 aliphatic carbocycles. The molecule has 4 rings (SSSR count). The van der Waals surface area contributed by atoms with Crippen LogP contribution in [0.15, 0.2) is 71.4 Å². The van der Waals surface area contributed by atoms with E-state index in [1.54, 1.807) is 21.1 Å². The smallest absolute Gasteiger partial charge is 0.331 e. The number of rotatable bonds is 9. The van der Waals surface area contributed by atoms with Gasteiger partial charge in [0, 0.05) is 18.1 Å². The fourth-order valence-corrected chi connectivity index (χ4v) is 4.82. The van der Waals surface area contributed by atoms with Crippen LogP contribution in [0, 0.1) is 5.92 Å². The first-order valence-electron chi connectivity index (χ1n) is 12.8. The van der Waals surface area contributed by atoms with Crippen molar-refractivity contribution >= 4 is 29.6 Å². The number of carbonyl (C=O) groups excluding carboxylic acids is 3. The maximum Gasteiger partial charge on any atom is 0.331 e. The molecule has 2 aromatic carbocycles. The van der Waals surface area contributed by atoms with Gasteiger partial charge in [0.15, 0.2) is 6.61 Å². The van der Waals surface area contributed by atoms with Gasteiger partial charge in [-0.25, -0.2) is 14.6 Å². The first kappa shape index (κ1) is 27.6. The van der Waals surface area contributed by atoms with Crippen LogP contribution in [0.2, 0.25) is 0 Å². The molecule has 1 aliphatic heterocycles. The van der Waals surface area contributed by atoms with Gasteiger partial charge >= 0.3 is 11.9 Å². The summed E-state index contributed by atoms with van der Waals surface area (Å²) in [5.74, 6) is -0.464. The average Bonchev–Trinajstić information content (AvgIpc) is 3.36. The molecule has 0 spiro atoms. The zero-order valence-electron chi connectivity index (χ0n) is 22.3. The van der Waals surface area contributed by atoms with Crippen molar-refractivity contribution in [2.24, 2.45) is 11.0 Å². The minimum atomic E-state index is -0.818. The van der Waals surface area contributed by atoms with Crippen LogP contribution >= 0.6 is 0 Å². The predicted molar refractivity (Wildman–Crippen MR) is 145 cm³/mol. The molecule has 0 bridgehead atoms. The molecule has 9 heteroatoms. The summed E-state index contributed by atoms with van der Waals surface area (Å²) in [6.45, 7) is 1.34. The number of benzene rings is 2. The summed E-state index contributed by atoms with van der Waals surface area (Å²) >= 11 is 0. The number of hydrazone groups is 1. The van der Waals surface area contributed by atoms with E-state index < -0.39 is 24.5 Å².